The van der Waals surface area contributed by atoms with E-state index in [0.29, 0.717) is 15.2 Å². The van der Waals surface area contributed by atoms with Crippen LogP contribution in [0.25, 0.3) is 33.0 Å². The van der Waals surface area contributed by atoms with Gasteiger partial charge >= 0.3 is 5.69 Å². The highest BCUT2D eigenvalue weighted by atomic mass is 35.5. The summed E-state index contributed by atoms with van der Waals surface area (Å²) in [7, 11) is 0. The summed E-state index contributed by atoms with van der Waals surface area (Å²) in [5, 5.41) is 3.86. The maximum absolute atomic E-state index is 12.9. The fourth-order valence-corrected chi connectivity index (χ4v) is 6.92. The van der Waals surface area contributed by atoms with E-state index in [1.165, 1.54) is 11.8 Å². The number of pyridine rings is 1. The van der Waals surface area contributed by atoms with Crippen molar-refractivity contribution in [2.45, 2.75) is 42.3 Å². The maximum atomic E-state index is 12.9. The molecule has 0 atom stereocenters. The van der Waals surface area contributed by atoms with Gasteiger partial charge in [0.05, 0.1) is 27.0 Å². The highest BCUT2D eigenvalue weighted by Crippen LogP contribution is 2.39. The van der Waals surface area contributed by atoms with Crippen molar-refractivity contribution >= 4 is 73.8 Å². The molecule has 40 heavy (non-hydrogen) atoms. The maximum Gasteiger partial charge on any atom is 0.326 e. The average molecular weight is 591 g/mol. The molecular weight excluding hydrogens is 565 g/mol. The number of benzene rings is 2. The van der Waals surface area contributed by atoms with Crippen molar-refractivity contribution < 1.29 is 0 Å². The van der Waals surface area contributed by atoms with Crippen molar-refractivity contribution in [3.8, 4) is 0 Å². The number of hydrogen-bond donors (Lipinski definition) is 2. The number of aryl methyl sites for hydroxylation is 1. The third-order valence-electron chi connectivity index (χ3n) is 7.57. The molecule has 8 nitrogen and oxygen atoms in total. The quantitative estimate of drug-likeness (QED) is 0.210. The first-order valence-corrected chi connectivity index (χ1v) is 14.8. The van der Waals surface area contributed by atoms with Crippen LogP contribution in [0.2, 0.25) is 10.0 Å². The molecule has 7 rings (SSSR count). The second kappa shape index (κ2) is 10.1. The van der Waals surface area contributed by atoms with Crippen LogP contribution in [0.4, 0.5) is 5.82 Å². The SMILES string of the molecule is CCc1[nH]c2nc(Sc3ccc4cccnc4c3)nc(N3CCC(n4c(=O)[nH]c5cc(Cl)ccc54)CC3)c2c1Cl. The number of piperidine rings is 1. The summed E-state index contributed by atoms with van der Waals surface area (Å²) in [5.41, 5.74) is 4.14. The lowest BCUT2D eigenvalue weighted by atomic mass is 10.0. The van der Waals surface area contributed by atoms with Crippen LogP contribution >= 0.6 is 35.0 Å². The van der Waals surface area contributed by atoms with Crippen molar-refractivity contribution in [2.75, 3.05) is 18.0 Å². The monoisotopic (exact) mass is 589 g/mol. The van der Waals surface area contributed by atoms with Crippen LogP contribution < -0.4 is 10.6 Å². The number of aromatic amines is 2. The molecule has 2 N–H and O–H groups in total. The van der Waals surface area contributed by atoms with Crippen LogP contribution in [0, 0.1) is 0 Å². The minimum absolute atomic E-state index is 0.0721. The van der Waals surface area contributed by atoms with Crippen molar-refractivity contribution in [2.24, 2.45) is 0 Å². The van der Waals surface area contributed by atoms with Gasteiger partial charge in [0.2, 0.25) is 0 Å². The van der Waals surface area contributed by atoms with Gasteiger partial charge in [-0.15, -0.1) is 0 Å². The highest BCUT2D eigenvalue weighted by Gasteiger charge is 2.28. The summed E-state index contributed by atoms with van der Waals surface area (Å²) < 4.78 is 1.87. The smallest absolute Gasteiger partial charge is 0.326 e. The molecule has 6 aromatic rings. The molecule has 0 saturated carbocycles. The fraction of sp³-hybridized carbons (Fsp3) is 0.241. The molecule has 202 valence electrons. The number of anilines is 1. The van der Waals surface area contributed by atoms with Gasteiger partial charge in [-0.3, -0.25) is 9.55 Å². The van der Waals surface area contributed by atoms with E-state index in [2.05, 4.69) is 45.0 Å². The number of rotatable bonds is 5. The third-order valence-corrected chi connectivity index (χ3v) is 9.08. The molecule has 1 aliphatic heterocycles. The minimum atomic E-state index is -0.107. The normalized spacial score (nSPS) is 14.6. The van der Waals surface area contributed by atoms with Crippen LogP contribution in [-0.2, 0) is 6.42 Å². The molecule has 0 unspecified atom stereocenters. The first-order chi connectivity index (χ1) is 19.5. The first kappa shape index (κ1) is 25.4. The number of hydrogen-bond acceptors (Lipinski definition) is 6. The van der Waals surface area contributed by atoms with Gasteiger partial charge in [-0.25, -0.2) is 14.8 Å². The molecule has 2 aromatic carbocycles. The molecule has 1 aliphatic rings. The standard InChI is InChI=1S/C29H25Cl2N7OS/c1-2-20-25(31)24-26(33-20)35-28(40-19-7-5-16-4-3-11-32-21(16)15-19)36-27(24)37-12-9-18(10-13-37)38-23-8-6-17(30)14-22(23)34-29(38)39/h3-8,11,14-15,18H,2,9-10,12-13H2,1H3,(H,34,39)(H,33,35,36). The molecule has 0 spiro atoms. The Balaban J connectivity index is 1.22. The Labute approximate surface area is 243 Å². The third kappa shape index (κ3) is 4.42. The lowest BCUT2D eigenvalue weighted by molar-refractivity contribution is 0.395. The molecule has 4 aromatic heterocycles. The summed E-state index contributed by atoms with van der Waals surface area (Å²) in [6.07, 6.45) is 4.15. The topological polar surface area (TPSA) is 95.5 Å². The lowest BCUT2D eigenvalue weighted by Crippen LogP contribution is -2.37. The predicted octanol–water partition coefficient (Wildman–Crippen LogP) is 7.01. The number of H-pyrrole nitrogens is 2. The molecular formula is C29H25Cl2N7OS. The van der Waals surface area contributed by atoms with Crippen LogP contribution in [0.1, 0.15) is 31.5 Å². The molecule has 0 amide bonds. The summed E-state index contributed by atoms with van der Waals surface area (Å²) in [6.45, 7) is 3.53. The first-order valence-electron chi connectivity index (χ1n) is 13.2. The van der Waals surface area contributed by atoms with E-state index in [4.69, 9.17) is 33.2 Å². The van der Waals surface area contributed by atoms with E-state index in [9.17, 15) is 4.79 Å². The number of nitrogens with one attached hydrogen (secondary N) is 2. The van der Waals surface area contributed by atoms with E-state index in [0.717, 1.165) is 81.7 Å². The van der Waals surface area contributed by atoms with E-state index < -0.39 is 0 Å². The van der Waals surface area contributed by atoms with E-state index in [1.807, 2.05) is 28.8 Å². The average Bonchev–Trinajstić information content (AvgIpc) is 3.47. The van der Waals surface area contributed by atoms with Crippen molar-refractivity contribution in [1.29, 1.82) is 0 Å². The molecule has 0 aliphatic carbocycles. The van der Waals surface area contributed by atoms with Gasteiger partial charge in [0, 0.05) is 46.3 Å². The molecule has 1 fully saturated rings. The zero-order valence-electron chi connectivity index (χ0n) is 21.6. The van der Waals surface area contributed by atoms with Gasteiger partial charge in [0.25, 0.3) is 0 Å². The van der Waals surface area contributed by atoms with Crippen LogP contribution in [-0.4, -0.2) is 42.6 Å². The Morgan fingerprint density at radius 2 is 1.90 bits per heavy atom. The highest BCUT2D eigenvalue weighted by molar-refractivity contribution is 7.99. The lowest BCUT2D eigenvalue weighted by Gasteiger charge is -2.33. The van der Waals surface area contributed by atoms with Crippen molar-refractivity contribution in [3.05, 3.63) is 81.0 Å². The van der Waals surface area contributed by atoms with Crippen molar-refractivity contribution in [1.82, 2.24) is 29.5 Å². The Bertz CT molecular complexity index is 1960. The van der Waals surface area contributed by atoms with E-state index in [-0.39, 0.29) is 11.7 Å². The second-order valence-corrected chi connectivity index (χ2v) is 11.8. The van der Waals surface area contributed by atoms with Gasteiger partial charge in [-0.1, -0.05) is 42.3 Å². The molecule has 0 radical (unpaired) electrons. The Hall–Kier alpha value is -3.53. The molecule has 0 bridgehead atoms. The van der Waals surface area contributed by atoms with Gasteiger partial charge < -0.3 is 14.9 Å². The largest absolute Gasteiger partial charge is 0.356 e. The number of fused-ring (bicyclic) bond motifs is 3. The Kier molecular flexibility index (Phi) is 6.45. The van der Waals surface area contributed by atoms with Crippen LogP contribution in [0.5, 0.6) is 0 Å². The van der Waals surface area contributed by atoms with Gasteiger partial charge in [-0.2, -0.15) is 0 Å². The van der Waals surface area contributed by atoms with Gasteiger partial charge in [0.15, 0.2) is 5.16 Å². The summed E-state index contributed by atoms with van der Waals surface area (Å²) >= 11 is 14.5. The molecule has 1 saturated heterocycles. The summed E-state index contributed by atoms with van der Waals surface area (Å²) in [5.74, 6) is 0.823. The Morgan fingerprint density at radius 3 is 2.73 bits per heavy atom. The Morgan fingerprint density at radius 1 is 1.05 bits per heavy atom. The predicted molar refractivity (Wildman–Crippen MR) is 162 cm³/mol. The van der Waals surface area contributed by atoms with Crippen LogP contribution in [0.3, 0.4) is 0 Å². The van der Waals surface area contributed by atoms with E-state index >= 15 is 0 Å². The minimum Gasteiger partial charge on any atom is -0.356 e. The van der Waals surface area contributed by atoms with Gasteiger partial charge in [0.1, 0.15) is 11.5 Å². The molecule has 5 heterocycles. The van der Waals surface area contributed by atoms with E-state index in [1.54, 1.807) is 12.3 Å². The number of nitrogens with zero attached hydrogens (tertiary/aromatic N) is 5. The van der Waals surface area contributed by atoms with Crippen LogP contribution in [0.15, 0.2) is 69.6 Å². The fourth-order valence-electron chi connectivity index (χ4n) is 5.61. The number of imidazole rings is 1. The summed E-state index contributed by atoms with van der Waals surface area (Å²) in [6, 6.07) is 15.8. The van der Waals surface area contributed by atoms with Gasteiger partial charge in [-0.05, 0) is 67.4 Å². The second-order valence-electron chi connectivity index (χ2n) is 9.96. The zero-order valence-corrected chi connectivity index (χ0v) is 23.9. The zero-order chi connectivity index (χ0) is 27.4. The molecule has 11 heteroatoms. The number of aromatic nitrogens is 6. The van der Waals surface area contributed by atoms with Crippen molar-refractivity contribution in [3.63, 3.8) is 0 Å². The number of halogens is 2. The summed E-state index contributed by atoms with van der Waals surface area (Å²) in [4.78, 5) is 36.9.